The number of methoxy groups -OCH3 is 1. The normalized spacial score (nSPS) is 10.7. The Morgan fingerprint density at radius 1 is 1.12 bits per heavy atom. The molecular formula is C19H20FN3OS. The number of aromatic nitrogens is 2. The van der Waals surface area contributed by atoms with Crippen molar-refractivity contribution in [3.63, 3.8) is 0 Å². The molecule has 4 nitrogen and oxygen atoms in total. The highest BCUT2D eigenvalue weighted by Crippen LogP contribution is 2.31. The van der Waals surface area contributed by atoms with Gasteiger partial charge in [0.15, 0.2) is 11.6 Å². The smallest absolute Gasteiger partial charge is 0.165 e. The van der Waals surface area contributed by atoms with Crippen molar-refractivity contribution in [2.24, 2.45) is 0 Å². The average Bonchev–Trinajstić information content (AvgIpc) is 3.13. The lowest BCUT2D eigenvalue weighted by Gasteiger charge is -2.19. The van der Waals surface area contributed by atoms with E-state index in [9.17, 15) is 4.39 Å². The summed E-state index contributed by atoms with van der Waals surface area (Å²) in [7, 11) is 1.45. The molecule has 0 aliphatic heterocycles. The van der Waals surface area contributed by atoms with Gasteiger partial charge in [-0.25, -0.2) is 14.4 Å². The first-order valence-electron chi connectivity index (χ1n) is 8.17. The van der Waals surface area contributed by atoms with Crippen molar-refractivity contribution in [1.29, 1.82) is 0 Å². The van der Waals surface area contributed by atoms with Crippen LogP contribution in [0.2, 0.25) is 0 Å². The van der Waals surface area contributed by atoms with Gasteiger partial charge >= 0.3 is 0 Å². The van der Waals surface area contributed by atoms with Gasteiger partial charge in [0.1, 0.15) is 10.8 Å². The summed E-state index contributed by atoms with van der Waals surface area (Å²) in [6, 6.07) is 8.88. The fraction of sp³-hybridized carbons (Fsp3) is 0.263. The maximum atomic E-state index is 13.9. The van der Waals surface area contributed by atoms with Crippen molar-refractivity contribution in [2.75, 3.05) is 25.1 Å². The van der Waals surface area contributed by atoms with Gasteiger partial charge in [-0.2, -0.15) is 0 Å². The van der Waals surface area contributed by atoms with Gasteiger partial charge in [-0.15, -0.1) is 11.3 Å². The lowest BCUT2D eigenvalue weighted by molar-refractivity contribution is 0.386. The van der Waals surface area contributed by atoms with Crippen LogP contribution in [-0.4, -0.2) is 30.2 Å². The Hall–Kier alpha value is -2.47. The van der Waals surface area contributed by atoms with Crippen molar-refractivity contribution < 1.29 is 9.13 Å². The van der Waals surface area contributed by atoms with Crippen LogP contribution in [-0.2, 0) is 0 Å². The van der Waals surface area contributed by atoms with Gasteiger partial charge in [0, 0.05) is 35.8 Å². The third-order valence-electron chi connectivity index (χ3n) is 4.03. The molecule has 0 aliphatic carbocycles. The van der Waals surface area contributed by atoms with Crippen LogP contribution in [0.1, 0.15) is 13.8 Å². The van der Waals surface area contributed by atoms with Crippen LogP contribution in [0.15, 0.2) is 41.9 Å². The number of hydrogen-bond donors (Lipinski definition) is 0. The molecule has 130 valence electrons. The van der Waals surface area contributed by atoms with E-state index in [1.165, 1.54) is 24.5 Å². The number of thiazole rings is 1. The molecule has 1 aromatic carbocycles. The number of hydrogen-bond acceptors (Lipinski definition) is 5. The minimum absolute atomic E-state index is 0.234. The molecule has 0 aliphatic rings. The Balaban J connectivity index is 1.91. The molecule has 0 fully saturated rings. The van der Waals surface area contributed by atoms with Crippen LogP contribution in [0.5, 0.6) is 5.75 Å². The minimum Gasteiger partial charge on any atom is -0.494 e. The summed E-state index contributed by atoms with van der Waals surface area (Å²) < 4.78 is 18.9. The first-order chi connectivity index (χ1) is 12.2. The summed E-state index contributed by atoms with van der Waals surface area (Å²) in [5.74, 6) is 0.786. The molecule has 3 aromatic rings. The molecule has 0 unspecified atom stereocenters. The summed E-state index contributed by atoms with van der Waals surface area (Å²) in [4.78, 5) is 11.3. The molecule has 0 amide bonds. The summed E-state index contributed by atoms with van der Waals surface area (Å²) in [6.45, 7) is 6.03. The van der Waals surface area contributed by atoms with Crippen molar-refractivity contribution in [1.82, 2.24) is 9.97 Å². The first-order valence-corrected chi connectivity index (χ1v) is 9.05. The Labute approximate surface area is 150 Å². The van der Waals surface area contributed by atoms with E-state index in [-0.39, 0.29) is 11.6 Å². The standard InChI is InChI=1S/C19H20FN3OS/c1-4-23(5-2)18-11-14(8-9-21-18)19-22-16(12-25-19)13-6-7-17(24-3)15(20)10-13/h6-12H,4-5H2,1-3H3. The molecular weight excluding hydrogens is 337 g/mol. The van der Waals surface area contributed by atoms with Crippen molar-refractivity contribution in [3.05, 3.63) is 47.7 Å². The van der Waals surface area contributed by atoms with Crippen LogP contribution < -0.4 is 9.64 Å². The molecule has 2 heterocycles. The molecule has 2 aromatic heterocycles. The van der Waals surface area contributed by atoms with Gasteiger partial charge in [-0.3, -0.25) is 0 Å². The highest BCUT2D eigenvalue weighted by molar-refractivity contribution is 7.13. The van der Waals surface area contributed by atoms with E-state index < -0.39 is 0 Å². The molecule has 0 atom stereocenters. The molecule has 6 heteroatoms. The van der Waals surface area contributed by atoms with E-state index in [1.807, 2.05) is 23.6 Å². The van der Waals surface area contributed by atoms with E-state index in [4.69, 9.17) is 4.74 Å². The molecule has 3 rings (SSSR count). The van der Waals surface area contributed by atoms with Crippen LogP contribution in [0.3, 0.4) is 0 Å². The average molecular weight is 357 g/mol. The van der Waals surface area contributed by atoms with E-state index in [0.717, 1.165) is 40.7 Å². The van der Waals surface area contributed by atoms with Gasteiger partial charge < -0.3 is 9.64 Å². The lowest BCUT2D eigenvalue weighted by atomic mass is 10.1. The second-order valence-corrected chi connectivity index (χ2v) is 6.32. The Bertz CT molecular complexity index is 861. The molecule has 0 spiro atoms. The summed E-state index contributed by atoms with van der Waals surface area (Å²) in [5.41, 5.74) is 2.50. The third kappa shape index (κ3) is 3.64. The number of benzene rings is 1. The van der Waals surface area contributed by atoms with Crippen LogP contribution in [0.4, 0.5) is 10.2 Å². The highest BCUT2D eigenvalue weighted by Gasteiger charge is 2.11. The van der Waals surface area contributed by atoms with Crippen molar-refractivity contribution in [2.45, 2.75) is 13.8 Å². The zero-order valence-corrected chi connectivity index (χ0v) is 15.3. The van der Waals surface area contributed by atoms with Crippen molar-refractivity contribution >= 4 is 17.2 Å². The van der Waals surface area contributed by atoms with Gasteiger partial charge in [-0.1, -0.05) is 0 Å². The Morgan fingerprint density at radius 2 is 1.92 bits per heavy atom. The van der Waals surface area contributed by atoms with Gasteiger partial charge in [-0.05, 0) is 44.2 Å². The number of anilines is 1. The monoisotopic (exact) mass is 357 g/mol. The molecule has 0 saturated carbocycles. The lowest BCUT2D eigenvalue weighted by Crippen LogP contribution is -2.22. The Kier molecular flexibility index (Phi) is 5.28. The SMILES string of the molecule is CCN(CC)c1cc(-c2nc(-c3ccc(OC)c(F)c3)cs2)ccn1. The van der Waals surface area contributed by atoms with E-state index >= 15 is 0 Å². The number of halogens is 1. The van der Waals surface area contributed by atoms with E-state index in [2.05, 4.69) is 28.7 Å². The number of rotatable bonds is 6. The van der Waals surface area contributed by atoms with E-state index in [1.54, 1.807) is 12.3 Å². The van der Waals surface area contributed by atoms with E-state index in [0.29, 0.717) is 0 Å². The highest BCUT2D eigenvalue weighted by atomic mass is 32.1. The van der Waals surface area contributed by atoms with Gasteiger partial charge in [0.2, 0.25) is 0 Å². The fourth-order valence-electron chi connectivity index (χ4n) is 2.64. The number of ether oxygens (including phenoxy) is 1. The van der Waals surface area contributed by atoms with Crippen LogP contribution in [0, 0.1) is 5.82 Å². The van der Waals surface area contributed by atoms with Gasteiger partial charge in [0.25, 0.3) is 0 Å². The zero-order valence-electron chi connectivity index (χ0n) is 14.5. The maximum absolute atomic E-state index is 13.9. The minimum atomic E-state index is -0.387. The first kappa shape index (κ1) is 17.4. The molecule has 0 saturated heterocycles. The second-order valence-electron chi connectivity index (χ2n) is 5.46. The third-order valence-corrected chi connectivity index (χ3v) is 4.92. The second kappa shape index (κ2) is 7.61. The molecule has 25 heavy (non-hydrogen) atoms. The van der Waals surface area contributed by atoms with Crippen molar-refractivity contribution in [3.8, 4) is 27.6 Å². The van der Waals surface area contributed by atoms with Gasteiger partial charge in [0.05, 0.1) is 12.8 Å². The zero-order chi connectivity index (χ0) is 17.8. The largest absolute Gasteiger partial charge is 0.494 e. The summed E-state index contributed by atoms with van der Waals surface area (Å²) in [6.07, 6.45) is 1.80. The topological polar surface area (TPSA) is 38.2 Å². The fourth-order valence-corrected chi connectivity index (χ4v) is 3.46. The van der Waals surface area contributed by atoms with Crippen LogP contribution in [0.25, 0.3) is 21.8 Å². The quantitative estimate of drug-likeness (QED) is 0.631. The Morgan fingerprint density at radius 3 is 2.60 bits per heavy atom. The predicted octanol–water partition coefficient (Wildman–Crippen LogP) is 4.87. The summed E-state index contributed by atoms with van der Waals surface area (Å²) >= 11 is 1.54. The molecule has 0 bridgehead atoms. The predicted molar refractivity (Wildman–Crippen MR) is 101 cm³/mol. The number of nitrogens with zero attached hydrogens (tertiary/aromatic N) is 3. The van der Waals surface area contributed by atoms with Crippen LogP contribution >= 0.6 is 11.3 Å². The molecule has 0 radical (unpaired) electrons. The maximum Gasteiger partial charge on any atom is 0.165 e. The molecule has 0 N–H and O–H groups in total. The summed E-state index contributed by atoms with van der Waals surface area (Å²) in [5, 5.41) is 2.83. The number of pyridine rings is 1.